The zero-order valence-corrected chi connectivity index (χ0v) is 15.9. The summed E-state index contributed by atoms with van der Waals surface area (Å²) in [5, 5.41) is 12.3. The molecule has 3 rings (SSSR count). The molecule has 0 saturated heterocycles. The molecular formula is C16H14F4N4O2S2. The third-order valence-electron chi connectivity index (χ3n) is 3.66. The molecule has 150 valence electrons. The Morgan fingerprint density at radius 1 is 1.36 bits per heavy atom. The molecule has 12 heteroatoms. The van der Waals surface area contributed by atoms with Crippen molar-refractivity contribution in [1.82, 2.24) is 15.0 Å². The van der Waals surface area contributed by atoms with E-state index in [4.69, 9.17) is 0 Å². The van der Waals surface area contributed by atoms with Gasteiger partial charge < -0.3 is 10.4 Å². The Morgan fingerprint density at radius 3 is 2.79 bits per heavy atom. The number of anilines is 1. The van der Waals surface area contributed by atoms with Crippen LogP contribution in [0.1, 0.15) is 18.1 Å². The topological polar surface area (TPSA) is 90.9 Å². The van der Waals surface area contributed by atoms with Crippen molar-refractivity contribution in [3.63, 3.8) is 0 Å². The van der Waals surface area contributed by atoms with Gasteiger partial charge in [-0.3, -0.25) is 9.78 Å². The number of nitrogens with one attached hydrogen (secondary N) is 2. The van der Waals surface area contributed by atoms with Crippen LogP contribution in [-0.4, -0.2) is 32.7 Å². The quantitative estimate of drug-likeness (QED) is 0.312. The van der Waals surface area contributed by atoms with Gasteiger partial charge in [0.15, 0.2) is 16.6 Å². The molecule has 0 spiro atoms. The molecule has 3 aromatic rings. The number of halogens is 4. The van der Waals surface area contributed by atoms with E-state index in [-0.39, 0.29) is 39.6 Å². The summed E-state index contributed by atoms with van der Waals surface area (Å²) in [5.74, 6) is -1.16. The van der Waals surface area contributed by atoms with Crippen LogP contribution in [-0.2, 0) is 11.9 Å². The first-order chi connectivity index (χ1) is 13.2. The molecule has 0 radical (unpaired) electrons. The fourth-order valence-electron chi connectivity index (χ4n) is 2.32. The lowest BCUT2D eigenvalue weighted by molar-refractivity contribution is -0.140. The fraction of sp³-hybridized carbons (Fsp3) is 0.312. The van der Waals surface area contributed by atoms with Gasteiger partial charge in [-0.2, -0.15) is 13.2 Å². The van der Waals surface area contributed by atoms with E-state index in [1.807, 2.05) is 0 Å². The van der Waals surface area contributed by atoms with Gasteiger partial charge in [0.2, 0.25) is 0 Å². The van der Waals surface area contributed by atoms with Crippen molar-refractivity contribution in [2.45, 2.75) is 30.1 Å². The Labute approximate surface area is 164 Å². The zero-order chi connectivity index (χ0) is 20.5. The van der Waals surface area contributed by atoms with Crippen LogP contribution in [0.25, 0.3) is 10.3 Å². The van der Waals surface area contributed by atoms with Crippen LogP contribution in [0.2, 0.25) is 0 Å². The van der Waals surface area contributed by atoms with Crippen LogP contribution in [0.15, 0.2) is 28.2 Å². The van der Waals surface area contributed by atoms with E-state index in [9.17, 15) is 27.5 Å². The first-order valence-corrected chi connectivity index (χ1v) is 9.75. The summed E-state index contributed by atoms with van der Waals surface area (Å²) in [7, 11) is 0. The van der Waals surface area contributed by atoms with Crippen molar-refractivity contribution >= 4 is 39.3 Å². The van der Waals surface area contributed by atoms with Gasteiger partial charge in [-0.1, -0.05) is 35.2 Å². The molecule has 1 aromatic carbocycles. The number of rotatable bonds is 6. The second-order valence-electron chi connectivity index (χ2n) is 5.84. The Morgan fingerprint density at radius 2 is 2.11 bits per heavy atom. The minimum atomic E-state index is -4.78. The minimum absolute atomic E-state index is 0.134. The second-order valence-corrected chi connectivity index (χ2v) is 7.77. The summed E-state index contributed by atoms with van der Waals surface area (Å²) in [5.41, 5.74) is -1.21. The molecule has 0 amide bonds. The normalized spacial score (nSPS) is 13.1. The highest BCUT2D eigenvalue weighted by molar-refractivity contribution is 7.98. The van der Waals surface area contributed by atoms with Gasteiger partial charge in [-0.15, -0.1) is 0 Å². The molecule has 2 heterocycles. The summed E-state index contributed by atoms with van der Waals surface area (Å²) in [4.78, 5) is 22.2. The summed E-state index contributed by atoms with van der Waals surface area (Å²) in [6.45, 7) is 1.52. The molecule has 0 saturated carbocycles. The standard InChI is InChI=1S/C16H14F4N4O2S2/c1-7(5-25)21-12-11-13(24-15(26)28-11)23-14(22-12)27-6-8-3-2-4-9(10(8)17)16(18,19)20/h2-4,7,25H,5-6H2,1H3,(H2,21,22,23,24,26)/t7-/m1/s1. The first-order valence-electron chi connectivity index (χ1n) is 7.94. The Kier molecular flexibility index (Phi) is 5.91. The molecule has 0 fully saturated rings. The van der Waals surface area contributed by atoms with Gasteiger partial charge in [0.05, 0.1) is 12.2 Å². The van der Waals surface area contributed by atoms with Gasteiger partial charge in [0.1, 0.15) is 10.5 Å². The lowest BCUT2D eigenvalue weighted by Gasteiger charge is -2.13. The van der Waals surface area contributed by atoms with Gasteiger partial charge in [0, 0.05) is 11.8 Å². The molecule has 0 unspecified atom stereocenters. The average molecular weight is 434 g/mol. The Balaban J connectivity index is 1.90. The minimum Gasteiger partial charge on any atom is -0.394 e. The molecule has 1 atom stereocenters. The number of benzene rings is 1. The van der Waals surface area contributed by atoms with Crippen molar-refractivity contribution in [3.8, 4) is 0 Å². The van der Waals surface area contributed by atoms with E-state index >= 15 is 0 Å². The van der Waals surface area contributed by atoms with Crippen molar-refractivity contribution < 1.29 is 22.7 Å². The third kappa shape index (κ3) is 4.45. The number of aromatic nitrogens is 3. The number of alkyl halides is 3. The SMILES string of the molecule is C[C@H](CO)Nc1nc(SCc2cccc(C(F)(F)F)c2F)nc2[nH]c(=O)sc12. The Bertz CT molecular complexity index is 1050. The van der Waals surface area contributed by atoms with Crippen molar-refractivity contribution in [2.24, 2.45) is 0 Å². The molecule has 0 aliphatic rings. The van der Waals surface area contributed by atoms with Gasteiger partial charge in [0.25, 0.3) is 0 Å². The van der Waals surface area contributed by atoms with Crippen molar-refractivity contribution in [3.05, 3.63) is 44.8 Å². The third-order valence-corrected chi connectivity index (χ3v) is 5.43. The summed E-state index contributed by atoms with van der Waals surface area (Å²) >= 11 is 1.82. The molecule has 6 nitrogen and oxygen atoms in total. The van der Waals surface area contributed by atoms with Crippen LogP contribution in [0, 0.1) is 5.82 Å². The highest BCUT2D eigenvalue weighted by atomic mass is 32.2. The number of H-pyrrole nitrogens is 1. The maximum Gasteiger partial charge on any atom is 0.419 e. The fourth-order valence-corrected chi connectivity index (χ4v) is 3.87. The number of nitrogens with zero attached hydrogens (tertiary/aromatic N) is 2. The van der Waals surface area contributed by atoms with E-state index in [1.54, 1.807) is 6.92 Å². The number of aliphatic hydroxyl groups is 1. The summed E-state index contributed by atoms with van der Waals surface area (Å²) < 4.78 is 53.2. The van der Waals surface area contributed by atoms with E-state index in [0.717, 1.165) is 29.2 Å². The Hall–Kier alpha value is -2.18. The van der Waals surface area contributed by atoms with Gasteiger partial charge in [-0.25, -0.2) is 14.4 Å². The van der Waals surface area contributed by atoms with Crippen LogP contribution < -0.4 is 10.2 Å². The largest absolute Gasteiger partial charge is 0.419 e. The van der Waals surface area contributed by atoms with E-state index < -0.39 is 17.6 Å². The molecule has 0 aliphatic carbocycles. The average Bonchev–Trinajstić information content (AvgIpc) is 3.00. The number of aromatic amines is 1. The number of thioether (sulfide) groups is 1. The number of hydrogen-bond acceptors (Lipinski definition) is 7. The second kappa shape index (κ2) is 8.05. The van der Waals surface area contributed by atoms with Crippen molar-refractivity contribution in [2.75, 3.05) is 11.9 Å². The first kappa shape index (κ1) is 20.6. The molecule has 0 aliphatic heterocycles. The monoisotopic (exact) mass is 434 g/mol. The zero-order valence-electron chi connectivity index (χ0n) is 14.3. The van der Waals surface area contributed by atoms with Crippen LogP contribution >= 0.6 is 23.1 Å². The predicted molar refractivity (Wildman–Crippen MR) is 99.2 cm³/mol. The number of fused-ring (bicyclic) bond motifs is 1. The highest BCUT2D eigenvalue weighted by Crippen LogP contribution is 2.34. The maximum atomic E-state index is 14.2. The van der Waals surface area contributed by atoms with E-state index in [1.165, 1.54) is 6.07 Å². The van der Waals surface area contributed by atoms with Gasteiger partial charge >= 0.3 is 11.0 Å². The number of hydrogen-bond donors (Lipinski definition) is 3. The van der Waals surface area contributed by atoms with Crippen LogP contribution in [0.5, 0.6) is 0 Å². The highest BCUT2D eigenvalue weighted by Gasteiger charge is 2.34. The molecule has 0 bridgehead atoms. The number of aliphatic hydroxyl groups excluding tert-OH is 1. The van der Waals surface area contributed by atoms with Gasteiger partial charge in [-0.05, 0) is 18.6 Å². The molecule has 2 aromatic heterocycles. The smallest absolute Gasteiger partial charge is 0.394 e. The summed E-state index contributed by atoms with van der Waals surface area (Å²) in [6.07, 6.45) is -4.78. The molecule has 3 N–H and O–H groups in total. The molecule has 28 heavy (non-hydrogen) atoms. The predicted octanol–water partition coefficient (Wildman–Crippen LogP) is 3.62. The van der Waals surface area contributed by atoms with Crippen molar-refractivity contribution in [1.29, 1.82) is 0 Å². The molecular weight excluding hydrogens is 420 g/mol. The summed E-state index contributed by atoms with van der Waals surface area (Å²) in [6, 6.07) is 2.72. The van der Waals surface area contributed by atoms with E-state index in [2.05, 4.69) is 20.3 Å². The van der Waals surface area contributed by atoms with Crippen LogP contribution in [0.4, 0.5) is 23.4 Å². The number of thiazole rings is 1. The van der Waals surface area contributed by atoms with Crippen LogP contribution in [0.3, 0.4) is 0 Å². The lowest BCUT2D eigenvalue weighted by atomic mass is 10.1. The van der Waals surface area contributed by atoms with E-state index in [0.29, 0.717) is 16.6 Å². The maximum absolute atomic E-state index is 14.2. The lowest BCUT2D eigenvalue weighted by Crippen LogP contribution is -2.20.